The fraction of sp³-hybridized carbons (Fsp3) is 0.333. The van der Waals surface area contributed by atoms with E-state index in [9.17, 15) is 14.0 Å². The number of para-hydroxylation sites is 1. The number of nitrogens with zero attached hydrogens (tertiary/aromatic N) is 1. The Morgan fingerprint density at radius 2 is 2.12 bits per heavy atom. The van der Waals surface area contributed by atoms with Gasteiger partial charge < -0.3 is 14.6 Å². The van der Waals surface area contributed by atoms with Gasteiger partial charge in [0.25, 0.3) is 5.91 Å². The Labute approximate surface area is 149 Å². The van der Waals surface area contributed by atoms with E-state index in [1.807, 2.05) is 6.92 Å². The Bertz CT molecular complexity index is 751. The first kappa shape index (κ1) is 17.5. The quantitative estimate of drug-likeness (QED) is 0.880. The molecule has 7 heteroatoms. The molecule has 0 radical (unpaired) electrons. The van der Waals surface area contributed by atoms with Crippen molar-refractivity contribution in [3.05, 3.63) is 54.2 Å². The van der Waals surface area contributed by atoms with Crippen LogP contribution in [-0.4, -0.2) is 33.9 Å². The minimum atomic E-state index is -0.668. The van der Waals surface area contributed by atoms with Gasteiger partial charge in [0.05, 0.1) is 17.3 Å². The highest BCUT2D eigenvalue weighted by atomic mass is 32.2. The number of carbonyl (C=O) groups is 2. The topological polar surface area (TPSA) is 62.6 Å². The maximum absolute atomic E-state index is 13.8. The van der Waals surface area contributed by atoms with Gasteiger partial charge in [-0.2, -0.15) is 0 Å². The second-order valence-corrected chi connectivity index (χ2v) is 6.96. The molecule has 1 N–H and O–H groups in total. The van der Waals surface area contributed by atoms with Gasteiger partial charge in [-0.1, -0.05) is 25.5 Å². The molecule has 2 atom stereocenters. The van der Waals surface area contributed by atoms with Crippen molar-refractivity contribution in [3.63, 3.8) is 0 Å². The lowest BCUT2D eigenvalue weighted by Crippen LogP contribution is -2.47. The van der Waals surface area contributed by atoms with Gasteiger partial charge in [0.1, 0.15) is 11.9 Å². The van der Waals surface area contributed by atoms with Gasteiger partial charge in [0.15, 0.2) is 5.76 Å². The van der Waals surface area contributed by atoms with E-state index >= 15 is 0 Å². The fourth-order valence-corrected chi connectivity index (χ4v) is 4.34. The minimum Gasteiger partial charge on any atom is -0.459 e. The Balaban J connectivity index is 1.82. The predicted molar refractivity (Wildman–Crippen MR) is 94.8 cm³/mol. The lowest BCUT2D eigenvalue weighted by atomic mass is 10.2. The van der Waals surface area contributed by atoms with Gasteiger partial charge in [-0.25, -0.2) is 4.39 Å². The molecule has 3 rings (SSSR count). The van der Waals surface area contributed by atoms with Gasteiger partial charge in [0.2, 0.25) is 5.91 Å². The number of hydrogen-bond acceptors (Lipinski definition) is 4. The van der Waals surface area contributed by atoms with Crippen LogP contribution in [0.3, 0.4) is 0 Å². The summed E-state index contributed by atoms with van der Waals surface area (Å²) in [5.41, 5.74) is 0.113. The summed E-state index contributed by atoms with van der Waals surface area (Å²) in [5.74, 6) is -0.543. The summed E-state index contributed by atoms with van der Waals surface area (Å²) in [6, 6.07) is 8.54. The number of halogens is 1. The van der Waals surface area contributed by atoms with Gasteiger partial charge in [0, 0.05) is 5.75 Å². The summed E-state index contributed by atoms with van der Waals surface area (Å²) in [6.45, 7) is 2.03. The summed E-state index contributed by atoms with van der Waals surface area (Å²) >= 11 is 1.56. The molecule has 1 aromatic carbocycles. The van der Waals surface area contributed by atoms with Crippen molar-refractivity contribution in [2.45, 2.75) is 31.2 Å². The number of thioether (sulfide) groups is 1. The second-order valence-electron chi connectivity index (χ2n) is 5.75. The minimum absolute atomic E-state index is 0.0982. The van der Waals surface area contributed by atoms with Crippen LogP contribution in [-0.2, 0) is 4.79 Å². The molecule has 2 unspecified atom stereocenters. The highest BCUT2D eigenvalue weighted by Crippen LogP contribution is 2.34. The highest BCUT2D eigenvalue weighted by molar-refractivity contribution is 8.00. The Hall–Kier alpha value is -2.28. The molecule has 132 valence electrons. The van der Waals surface area contributed by atoms with E-state index in [2.05, 4.69) is 5.32 Å². The van der Waals surface area contributed by atoms with Crippen LogP contribution in [0, 0.1) is 5.82 Å². The van der Waals surface area contributed by atoms with Crippen LogP contribution in [0.25, 0.3) is 0 Å². The average Bonchev–Trinajstić information content (AvgIpc) is 3.26. The van der Waals surface area contributed by atoms with E-state index in [0.717, 1.165) is 12.8 Å². The number of nitrogens with one attached hydrogen (secondary N) is 1. The lowest BCUT2D eigenvalue weighted by Gasteiger charge is -2.27. The maximum atomic E-state index is 13.8. The number of amides is 2. The average molecular weight is 362 g/mol. The molecule has 0 bridgehead atoms. The number of anilines is 1. The molecule has 1 fully saturated rings. The maximum Gasteiger partial charge on any atom is 0.291 e. The summed E-state index contributed by atoms with van der Waals surface area (Å²) in [4.78, 5) is 27.0. The largest absolute Gasteiger partial charge is 0.459 e. The van der Waals surface area contributed by atoms with Crippen LogP contribution in [0.15, 0.2) is 47.1 Å². The Kier molecular flexibility index (Phi) is 5.43. The molecule has 1 aromatic heterocycles. The standard InChI is InChI=1S/C18H19FN2O3S/c1-2-6-16-21(18(23)15-9-5-10-24-15)14(11-25-16)17(22)20-13-8-4-3-7-12(13)19/h3-5,7-10,14,16H,2,6,11H2,1H3,(H,20,22). The van der Waals surface area contributed by atoms with E-state index in [0.29, 0.717) is 5.75 Å². The van der Waals surface area contributed by atoms with Crippen LogP contribution in [0.4, 0.5) is 10.1 Å². The zero-order valence-corrected chi connectivity index (χ0v) is 14.6. The van der Waals surface area contributed by atoms with Gasteiger partial charge in [-0.3, -0.25) is 9.59 Å². The molecule has 1 aliphatic rings. The molecule has 2 heterocycles. The fourth-order valence-electron chi connectivity index (χ4n) is 2.81. The normalized spacial score (nSPS) is 19.8. The van der Waals surface area contributed by atoms with Crippen LogP contribution in [0.2, 0.25) is 0 Å². The first-order chi connectivity index (χ1) is 12.1. The number of furan rings is 1. The number of rotatable bonds is 5. The van der Waals surface area contributed by atoms with Crippen LogP contribution in [0.5, 0.6) is 0 Å². The molecule has 0 saturated carbocycles. The van der Waals surface area contributed by atoms with E-state index in [4.69, 9.17) is 4.42 Å². The molecule has 0 spiro atoms. The molecule has 5 nitrogen and oxygen atoms in total. The Morgan fingerprint density at radius 3 is 2.80 bits per heavy atom. The monoisotopic (exact) mass is 362 g/mol. The summed E-state index contributed by atoms with van der Waals surface area (Å²) in [5, 5.41) is 2.50. The Morgan fingerprint density at radius 1 is 1.32 bits per heavy atom. The molecule has 0 aliphatic carbocycles. The van der Waals surface area contributed by atoms with Crippen molar-refractivity contribution < 1.29 is 18.4 Å². The molecule has 2 amide bonds. The van der Waals surface area contributed by atoms with Gasteiger partial charge >= 0.3 is 0 Å². The van der Waals surface area contributed by atoms with E-state index in [1.54, 1.807) is 40.9 Å². The summed E-state index contributed by atoms with van der Waals surface area (Å²) < 4.78 is 19.0. The predicted octanol–water partition coefficient (Wildman–Crippen LogP) is 3.74. The molecular weight excluding hydrogens is 343 g/mol. The molecular formula is C18H19FN2O3S. The first-order valence-corrected chi connectivity index (χ1v) is 9.20. The summed E-state index contributed by atoms with van der Waals surface area (Å²) in [6.07, 6.45) is 3.10. The van der Waals surface area contributed by atoms with Crippen LogP contribution < -0.4 is 5.32 Å². The van der Waals surface area contributed by atoms with Gasteiger partial charge in [-0.05, 0) is 30.7 Å². The van der Waals surface area contributed by atoms with Crippen molar-refractivity contribution in [2.24, 2.45) is 0 Å². The zero-order chi connectivity index (χ0) is 17.8. The van der Waals surface area contributed by atoms with E-state index in [-0.39, 0.29) is 22.7 Å². The third-order valence-corrected chi connectivity index (χ3v) is 5.38. The smallest absolute Gasteiger partial charge is 0.291 e. The molecule has 2 aromatic rings. The molecule has 25 heavy (non-hydrogen) atoms. The SMILES string of the molecule is CCCC1SCC(C(=O)Nc2ccccc2F)N1C(=O)c1ccco1. The number of carbonyl (C=O) groups excluding carboxylic acids is 2. The van der Waals surface area contributed by atoms with Crippen LogP contribution in [0.1, 0.15) is 30.3 Å². The third-order valence-electron chi connectivity index (χ3n) is 4.03. The van der Waals surface area contributed by atoms with Crippen molar-refractivity contribution in [1.82, 2.24) is 4.90 Å². The van der Waals surface area contributed by atoms with Crippen molar-refractivity contribution in [3.8, 4) is 0 Å². The van der Waals surface area contributed by atoms with Crippen molar-refractivity contribution in [1.29, 1.82) is 0 Å². The number of benzene rings is 1. The first-order valence-electron chi connectivity index (χ1n) is 8.15. The van der Waals surface area contributed by atoms with Crippen LogP contribution >= 0.6 is 11.8 Å². The van der Waals surface area contributed by atoms with Crippen molar-refractivity contribution in [2.75, 3.05) is 11.1 Å². The molecule has 1 saturated heterocycles. The van der Waals surface area contributed by atoms with Gasteiger partial charge in [-0.15, -0.1) is 11.8 Å². The summed E-state index contributed by atoms with van der Waals surface area (Å²) in [7, 11) is 0. The lowest BCUT2D eigenvalue weighted by molar-refractivity contribution is -0.119. The van der Waals surface area contributed by atoms with E-state index in [1.165, 1.54) is 18.4 Å². The second kappa shape index (κ2) is 7.74. The molecule has 1 aliphatic heterocycles. The zero-order valence-electron chi connectivity index (χ0n) is 13.8. The number of hydrogen-bond donors (Lipinski definition) is 1. The van der Waals surface area contributed by atoms with Crippen molar-refractivity contribution >= 4 is 29.3 Å². The third kappa shape index (κ3) is 3.71. The van der Waals surface area contributed by atoms with E-state index < -0.39 is 17.8 Å². The highest BCUT2D eigenvalue weighted by Gasteiger charge is 2.42.